The SMILES string of the molecule is Cc1ccc(CCC(=O)N2CCc3ccc(S(N)(=O)=O)cc3C2)cc1. The summed E-state index contributed by atoms with van der Waals surface area (Å²) in [5.74, 6) is 0.0900. The Kier molecular flexibility index (Phi) is 4.92. The van der Waals surface area contributed by atoms with Crippen molar-refractivity contribution in [1.82, 2.24) is 4.90 Å². The summed E-state index contributed by atoms with van der Waals surface area (Å²) in [5, 5.41) is 5.20. The molecule has 132 valence electrons. The molecule has 0 fully saturated rings. The van der Waals surface area contributed by atoms with Crippen molar-refractivity contribution in [1.29, 1.82) is 0 Å². The Balaban J connectivity index is 1.67. The molecular weight excluding hydrogens is 336 g/mol. The molecule has 1 amide bonds. The second-order valence-corrected chi connectivity index (χ2v) is 8.09. The van der Waals surface area contributed by atoms with E-state index in [4.69, 9.17) is 5.14 Å². The summed E-state index contributed by atoms with van der Waals surface area (Å²) in [7, 11) is -3.73. The Labute approximate surface area is 148 Å². The zero-order valence-corrected chi connectivity index (χ0v) is 15.1. The van der Waals surface area contributed by atoms with Gasteiger partial charge in [0.15, 0.2) is 0 Å². The minimum absolute atomic E-state index is 0.0900. The van der Waals surface area contributed by atoms with Crippen LogP contribution in [0.4, 0.5) is 0 Å². The van der Waals surface area contributed by atoms with E-state index in [-0.39, 0.29) is 10.8 Å². The summed E-state index contributed by atoms with van der Waals surface area (Å²) >= 11 is 0. The highest BCUT2D eigenvalue weighted by atomic mass is 32.2. The van der Waals surface area contributed by atoms with Gasteiger partial charge in [-0.25, -0.2) is 13.6 Å². The van der Waals surface area contributed by atoms with Crippen LogP contribution < -0.4 is 5.14 Å². The van der Waals surface area contributed by atoms with E-state index in [1.165, 1.54) is 11.6 Å². The second-order valence-electron chi connectivity index (χ2n) is 6.53. The first-order valence-electron chi connectivity index (χ1n) is 8.31. The van der Waals surface area contributed by atoms with Crippen LogP contribution >= 0.6 is 0 Å². The van der Waals surface area contributed by atoms with Crippen LogP contribution in [0.2, 0.25) is 0 Å². The van der Waals surface area contributed by atoms with Crippen molar-refractivity contribution >= 4 is 15.9 Å². The van der Waals surface area contributed by atoms with Crippen LogP contribution in [-0.4, -0.2) is 25.8 Å². The molecule has 2 aromatic rings. The number of nitrogens with two attached hydrogens (primary N) is 1. The number of rotatable bonds is 4. The van der Waals surface area contributed by atoms with Crippen LogP contribution in [0.25, 0.3) is 0 Å². The van der Waals surface area contributed by atoms with Gasteiger partial charge < -0.3 is 4.90 Å². The molecule has 0 spiro atoms. The van der Waals surface area contributed by atoms with Crippen molar-refractivity contribution in [2.24, 2.45) is 5.14 Å². The van der Waals surface area contributed by atoms with Gasteiger partial charge in [-0.05, 0) is 48.6 Å². The van der Waals surface area contributed by atoms with Gasteiger partial charge in [-0.3, -0.25) is 4.79 Å². The van der Waals surface area contributed by atoms with E-state index in [0.29, 0.717) is 25.9 Å². The van der Waals surface area contributed by atoms with Crippen LogP contribution in [-0.2, 0) is 34.2 Å². The summed E-state index contributed by atoms with van der Waals surface area (Å²) < 4.78 is 23.0. The number of aryl methyl sites for hydroxylation is 2. The fourth-order valence-corrected chi connectivity index (χ4v) is 3.65. The van der Waals surface area contributed by atoms with Gasteiger partial charge in [-0.2, -0.15) is 0 Å². The van der Waals surface area contributed by atoms with Gasteiger partial charge >= 0.3 is 0 Å². The maximum Gasteiger partial charge on any atom is 0.238 e. The van der Waals surface area contributed by atoms with Gasteiger partial charge in [0, 0.05) is 19.5 Å². The summed E-state index contributed by atoms with van der Waals surface area (Å²) in [5.41, 5.74) is 4.29. The van der Waals surface area contributed by atoms with Crippen molar-refractivity contribution in [3.63, 3.8) is 0 Å². The maximum atomic E-state index is 12.5. The molecule has 0 bridgehead atoms. The molecule has 25 heavy (non-hydrogen) atoms. The Morgan fingerprint density at radius 1 is 1.12 bits per heavy atom. The quantitative estimate of drug-likeness (QED) is 0.909. The largest absolute Gasteiger partial charge is 0.338 e. The molecule has 0 unspecified atom stereocenters. The lowest BCUT2D eigenvalue weighted by Gasteiger charge is -2.29. The minimum atomic E-state index is -3.73. The molecule has 0 atom stereocenters. The second kappa shape index (κ2) is 6.98. The third kappa shape index (κ3) is 4.27. The molecule has 0 saturated carbocycles. The van der Waals surface area contributed by atoms with Crippen molar-refractivity contribution in [3.05, 3.63) is 64.7 Å². The van der Waals surface area contributed by atoms with E-state index in [2.05, 4.69) is 0 Å². The number of fused-ring (bicyclic) bond motifs is 1. The Bertz CT molecular complexity index is 889. The van der Waals surface area contributed by atoms with Gasteiger partial charge in [-0.1, -0.05) is 35.9 Å². The average molecular weight is 358 g/mol. The molecule has 0 radical (unpaired) electrons. The molecular formula is C19H22N2O3S. The van der Waals surface area contributed by atoms with E-state index in [0.717, 1.165) is 23.1 Å². The molecule has 0 saturated heterocycles. The summed E-state index contributed by atoms with van der Waals surface area (Å²) in [6, 6.07) is 13.1. The molecule has 1 aliphatic rings. The smallest absolute Gasteiger partial charge is 0.238 e. The molecule has 0 aliphatic carbocycles. The lowest BCUT2D eigenvalue weighted by atomic mass is 9.99. The number of amides is 1. The monoisotopic (exact) mass is 358 g/mol. The van der Waals surface area contributed by atoms with Crippen LogP contribution in [0.1, 0.15) is 28.7 Å². The van der Waals surface area contributed by atoms with Crippen molar-refractivity contribution in [3.8, 4) is 0 Å². The highest BCUT2D eigenvalue weighted by Crippen LogP contribution is 2.23. The van der Waals surface area contributed by atoms with E-state index >= 15 is 0 Å². The number of hydrogen-bond donors (Lipinski definition) is 1. The first-order chi connectivity index (χ1) is 11.8. The average Bonchev–Trinajstić information content (AvgIpc) is 2.59. The Hall–Kier alpha value is -2.18. The number of primary sulfonamides is 1. The summed E-state index contributed by atoms with van der Waals surface area (Å²) in [6.45, 7) is 3.13. The first kappa shape index (κ1) is 17.6. The molecule has 5 nitrogen and oxygen atoms in total. The van der Waals surface area contributed by atoms with Crippen LogP contribution in [0.3, 0.4) is 0 Å². The number of hydrogen-bond acceptors (Lipinski definition) is 3. The minimum Gasteiger partial charge on any atom is -0.338 e. The fourth-order valence-electron chi connectivity index (χ4n) is 3.09. The van der Waals surface area contributed by atoms with Crippen molar-refractivity contribution < 1.29 is 13.2 Å². The number of sulfonamides is 1. The van der Waals surface area contributed by atoms with Crippen LogP contribution in [0.15, 0.2) is 47.4 Å². The predicted molar refractivity (Wildman–Crippen MR) is 96.4 cm³/mol. The van der Waals surface area contributed by atoms with Crippen LogP contribution in [0, 0.1) is 6.92 Å². The number of nitrogens with zero attached hydrogens (tertiary/aromatic N) is 1. The Morgan fingerprint density at radius 3 is 2.52 bits per heavy atom. The van der Waals surface area contributed by atoms with Crippen LogP contribution in [0.5, 0.6) is 0 Å². The number of carbonyl (C=O) groups excluding carboxylic acids is 1. The third-order valence-electron chi connectivity index (χ3n) is 4.62. The normalized spacial score (nSPS) is 14.2. The zero-order valence-electron chi connectivity index (χ0n) is 14.2. The third-order valence-corrected chi connectivity index (χ3v) is 5.53. The molecule has 2 aromatic carbocycles. The topological polar surface area (TPSA) is 80.5 Å². The Morgan fingerprint density at radius 2 is 1.84 bits per heavy atom. The highest BCUT2D eigenvalue weighted by molar-refractivity contribution is 7.89. The predicted octanol–water partition coefficient (Wildman–Crippen LogP) is 2.16. The van der Waals surface area contributed by atoms with E-state index in [1.807, 2.05) is 31.2 Å². The molecule has 3 rings (SSSR count). The lowest BCUT2D eigenvalue weighted by molar-refractivity contribution is -0.132. The number of benzene rings is 2. The van der Waals surface area contributed by atoms with Gasteiger partial charge in [-0.15, -0.1) is 0 Å². The first-order valence-corrected chi connectivity index (χ1v) is 9.85. The number of carbonyl (C=O) groups is 1. The van der Waals surface area contributed by atoms with Crippen molar-refractivity contribution in [2.75, 3.05) is 6.54 Å². The standard InChI is InChI=1S/C19H22N2O3S/c1-14-2-4-15(5-3-14)6-9-19(22)21-11-10-16-7-8-18(25(20,23)24)12-17(16)13-21/h2-5,7-8,12H,6,9-11,13H2,1H3,(H2,20,23,24). The molecule has 2 N–H and O–H groups in total. The van der Waals surface area contributed by atoms with Gasteiger partial charge in [0.2, 0.25) is 15.9 Å². The van der Waals surface area contributed by atoms with E-state index in [9.17, 15) is 13.2 Å². The van der Waals surface area contributed by atoms with Gasteiger partial charge in [0.1, 0.15) is 0 Å². The lowest BCUT2D eigenvalue weighted by Crippen LogP contribution is -2.36. The van der Waals surface area contributed by atoms with E-state index < -0.39 is 10.0 Å². The molecule has 6 heteroatoms. The maximum absolute atomic E-state index is 12.5. The van der Waals surface area contributed by atoms with Gasteiger partial charge in [0.05, 0.1) is 4.90 Å². The highest BCUT2D eigenvalue weighted by Gasteiger charge is 2.22. The fraction of sp³-hybridized carbons (Fsp3) is 0.316. The summed E-state index contributed by atoms with van der Waals surface area (Å²) in [4.78, 5) is 14.4. The van der Waals surface area contributed by atoms with E-state index in [1.54, 1.807) is 17.0 Å². The molecule has 0 aromatic heterocycles. The molecule has 1 aliphatic heterocycles. The molecule has 1 heterocycles. The van der Waals surface area contributed by atoms with Gasteiger partial charge in [0.25, 0.3) is 0 Å². The zero-order chi connectivity index (χ0) is 18.0. The summed E-state index contributed by atoms with van der Waals surface area (Å²) in [6.07, 6.45) is 1.89. The van der Waals surface area contributed by atoms with Crippen molar-refractivity contribution in [2.45, 2.75) is 37.6 Å².